The van der Waals surface area contributed by atoms with E-state index in [1.54, 1.807) is 6.08 Å². The number of ketones is 1. The van der Waals surface area contributed by atoms with Crippen LogP contribution in [0, 0.1) is 10.8 Å². The molecule has 0 heterocycles. The van der Waals surface area contributed by atoms with Crippen molar-refractivity contribution >= 4 is 17.2 Å². The minimum Gasteiger partial charge on any atom is -0.290 e. The van der Waals surface area contributed by atoms with Crippen molar-refractivity contribution in [2.75, 3.05) is 0 Å². The molecule has 2 nitrogen and oxygen atoms in total. The average molecular weight is 295 g/mol. The number of aliphatic imine (C=N–C) groups is 1. The average Bonchev–Trinajstić information content (AvgIpc) is 2.39. The maximum absolute atomic E-state index is 12.5. The van der Waals surface area contributed by atoms with Gasteiger partial charge < -0.3 is 0 Å². The number of rotatable bonds is 1. The fourth-order valence-corrected chi connectivity index (χ4v) is 2.81. The first kappa shape index (κ1) is 16.4. The highest BCUT2D eigenvalue weighted by molar-refractivity contribution is 6.23. The monoisotopic (exact) mass is 295 g/mol. The topological polar surface area (TPSA) is 29.4 Å². The van der Waals surface area contributed by atoms with Crippen molar-refractivity contribution in [1.29, 1.82) is 0 Å². The molecule has 0 amide bonds. The molecule has 1 aromatic carbocycles. The molecular formula is C20H25NO. The lowest BCUT2D eigenvalue weighted by Crippen LogP contribution is -2.30. The van der Waals surface area contributed by atoms with E-state index >= 15 is 0 Å². The molecule has 0 fully saturated rings. The summed E-state index contributed by atoms with van der Waals surface area (Å²) in [6.45, 7) is 12.7. The maximum atomic E-state index is 12.5. The maximum Gasteiger partial charge on any atom is 0.182 e. The van der Waals surface area contributed by atoms with Crippen LogP contribution in [0.1, 0.15) is 41.5 Å². The molecule has 2 heteroatoms. The molecule has 1 aliphatic carbocycles. The van der Waals surface area contributed by atoms with Gasteiger partial charge in [-0.25, -0.2) is 4.99 Å². The van der Waals surface area contributed by atoms with Crippen LogP contribution in [0.4, 0.5) is 5.69 Å². The first-order valence-corrected chi connectivity index (χ1v) is 7.72. The minimum atomic E-state index is -0.206. The van der Waals surface area contributed by atoms with Gasteiger partial charge in [-0.3, -0.25) is 4.79 Å². The van der Waals surface area contributed by atoms with Gasteiger partial charge in [0.05, 0.1) is 11.4 Å². The van der Waals surface area contributed by atoms with Crippen LogP contribution >= 0.6 is 0 Å². The van der Waals surface area contributed by atoms with Gasteiger partial charge >= 0.3 is 0 Å². The van der Waals surface area contributed by atoms with Gasteiger partial charge in [-0.1, -0.05) is 59.7 Å². The van der Waals surface area contributed by atoms with Crippen molar-refractivity contribution in [3.63, 3.8) is 0 Å². The normalized spacial score (nSPS) is 18.3. The Morgan fingerprint density at radius 1 is 0.773 bits per heavy atom. The lowest BCUT2D eigenvalue weighted by Gasteiger charge is -2.34. The van der Waals surface area contributed by atoms with Crippen molar-refractivity contribution in [3.8, 4) is 0 Å². The van der Waals surface area contributed by atoms with E-state index in [9.17, 15) is 4.79 Å². The van der Waals surface area contributed by atoms with E-state index in [1.165, 1.54) is 0 Å². The number of allylic oxidation sites excluding steroid dienone is 4. The second kappa shape index (κ2) is 5.68. The zero-order valence-electron chi connectivity index (χ0n) is 14.4. The van der Waals surface area contributed by atoms with E-state index in [1.807, 2.05) is 36.4 Å². The molecule has 0 spiro atoms. The number of nitrogens with zero attached hydrogens (tertiary/aromatic N) is 1. The lowest BCUT2D eigenvalue weighted by molar-refractivity contribution is -0.112. The summed E-state index contributed by atoms with van der Waals surface area (Å²) in [4.78, 5) is 17.3. The van der Waals surface area contributed by atoms with Gasteiger partial charge in [-0.15, -0.1) is 0 Å². The van der Waals surface area contributed by atoms with Crippen molar-refractivity contribution in [1.82, 2.24) is 0 Å². The highest BCUT2D eigenvalue weighted by Gasteiger charge is 2.35. The molecular weight excluding hydrogens is 270 g/mol. The number of para-hydroxylation sites is 1. The number of hydrogen-bond donors (Lipinski definition) is 0. The van der Waals surface area contributed by atoms with Gasteiger partial charge in [0.2, 0.25) is 0 Å². The Morgan fingerprint density at radius 2 is 1.32 bits per heavy atom. The van der Waals surface area contributed by atoms with Gasteiger partial charge in [0, 0.05) is 5.57 Å². The van der Waals surface area contributed by atoms with Crippen molar-refractivity contribution in [2.45, 2.75) is 41.5 Å². The van der Waals surface area contributed by atoms with Crippen LogP contribution < -0.4 is 0 Å². The van der Waals surface area contributed by atoms with Gasteiger partial charge in [0.15, 0.2) is 5.78 Å². The smallest absolute Gasteiger partial charge is 0.182 e. The molecule has 1 aromatic rings. The Bertz CT molecular complexity index is 662. The molecule has 116 valence electrons. The third-order valence-corrected chi connectivity index (χ3v) is 3.65. The van der Waals surface area contributed by atoms with Crippen LogP contribution in [0.15, 0.2) is 58.6 Å². The summed E-state index contributed by atoms with van der Waals surface area (Å²) in [5.41, 5.74) is 3.38. The number of benzene rings is 1. The van der Waals surface area contributed by atoms with E-state index in [2.05, 4.69) is 41.5 Å². The molecule has 0 aromatic heterocycles. The molecule has 0 N–H and O–H groups in total. The second-order valence-electron chi connectivity index (χ2n) is 7.78. The first-order chi connectivity index (χ1) is 10.1. The standard InChI is InChI=1S/C20H25NO/c1-19(2,3)17-15(21-14-10-8-7-9-11-14)12-13-16(22)18(17)20(4,5)6/h7-13H,1-6H3. The van der Waals surface area contributed by atoms with Gasteiger partial charge in [0.1, 0.15) is 0 Å². The molecule has 2 rings (SSSR count). The van der Waals surface area contributed by atoms with Crippen LogP contribution in [0.2, 0.25) is 0 Å². The summed E-state index contributed by atoms with van der Waals surface area (Å²) in [6, 6.07) is 9.89. The van der Waals surface area contributed by atoms with E-state index in [-0.39, 0.29) is 16.6 Å². The molecule has 0 unspecified atom stereocenters. The highest BCUT2D eigenvalue weighted by atomic mass is 16.1. The van der Waals surface area contributed by atoms with Crippen molar-refractivity contribution in [3.05, 3.63) is 53.6 Å². The SMILES string of the molecule is CC(C)(C)C1=C(C(C)(C)C)C(=Nc2ccccc2)C=CC1=O. The van der Waals surface area contributed by atoms with E-state index in [4.69, 9.17) is 4.99 Å². The summed E-state index contributed by atoms with van der Waals surface area (Å²) in [5.74, 6) is 0.101. The fourth-order valence-electron chi connectivity index (χ4n) is 2.81. The van der Waals surface area contributed by atoms with Crippen molar-refractivity contribution in [2.24, 2.45) is 15.8 Å². The Morgan fingerprint density at radius 3 is 1.82 bits per heavy atom. The molecule has 0 radical (unpaired) electrons. The molecule has 0 saturated heterocycles. The third kappa shape index (κ3) is 3.44. The van der Waals surface area contributed by atoms with Gasteiger partial charge in [0.25, 0.3) is 0 Å². The second-order valence-corrected chi connectivity index (χ2v) is 7.78. The molecule has 0 aliphatic heterocycles. The largest absolute Gasteiger partial charge is 0.290 e. The van der Waals surface area contributed by atoms with E-state index < -0.39 is 0 Å². The Labute approximate surface area is 133 Å². The zero-order valence-corrected chi connectivity index (χ0v) is 14.4. The van der Waals surface area contributed by atoms with Gasteiger partial charge in [-0.2, -0.15) is 0 Å². The number of carbonyl (C=O) groups excluding carboxylic acids is 1. The Kier molecular flexibility index (Phi) is 4.23. The highest BCUT2D eigenvalue weighted by Crippen LogP contribution is 2.40. The fraction of sp³-hybridized carbons (Fsp3) is 0.400. The number of carbonyl (C=O) groups is 1. The lowest BCUT2D eigenvalue weighted by atomic mass is 9.70. The predicted molar refractivity (Wildman–Crippen MR) is 93.6 cm³/mol. The van der Waals surface area contributed by atoms with Crippen molar-refractivity contribution < 1.29 is 4.79 Å². The quantitative estimate of drug-likeness (QED) is 0.647. The molecule has 1 aliphatic rings. The number of hydrogen-bond acceptors (Lipinski definition) is 2. The van der Waals surface area contributed by atoms with Crippen LogP contribution in [0.3, 0.4) is 0 Å². The zero-order chi connectivity index (χ0) is 16.5. The predicted octanol–water partition coefficient (Wildman–Crippen LogP) is 5.29. The Hall–Kier alpha value is -1.96. The van der Waals surface area contributed by atoms with Crippen LogP contribution in [-0.4, -0.2) is 11.5 Å². The summed E-state index contributed by atoms with van der Waals surface area (Å²) in [6.07, 6.45) is 3.50. The third-order valence-electron chi connectivity index (χ3n) is 3.65. The summed E-state index contributed by atoms with van der Waals surface area (Å²) in [5, 5.41) is 0. The summed E-state index contributed by atoms with van der Waals surface area (Å²) >= 11 is 0. The Balaban J connectivity index is 2.69. The molecule has 22 heavy (non-hydrogen) atoms. The molecule has 0 bridgehead atoms. The van der Waals surface area contributed by atoms with E-state index in [0.717, 1.165) is 22.5 Å². The van der Waals surface area contributed by atoms with Crippen LogP contribution in [0.25, 0.3) is 0 Å². The van der Waals surface area contributed by atoms with Gasteiger partial charge in [-0.05, 0) is 40.7 Å². The molecule has 0 atom stereocenters. The first-order valence-electron chi connectivity index (χ1n) is 7.72. The van der Waals surface area contributed by atoms with Crippen LogP contribution in [0.5, 0.6) is 0 Å². The van der Waals surface area contributed by atoms with E-state index in [0.29, 0.717) is 0 Å². The minimum absolute atomic E-state index is 0.101. The molecule has 0 saturated carbocycles. The summed E-state index contributed by atoms with van der Waals surface area (Å²) in [7, 11) is 0. The van der Waals surface area contributed by atoms with Crippen LogP contribution in [-0.2, 0) is 4.79 Å². The summed E-state index contributed by atoms with van der Waals surface area (Å²) < 4.78 is 0.